The Hall–Kier alpha value is -2.18. The van der Waals surface area contributed by atoms with E-state index in [1.165, 1.54) is 16.9 Å². The lowest BCUT2D eigenvalue weighted by molar-refractivity contribution is -0.137. The van der Waals surface area contributed by atoms with Crippen LogP contribution in [0, 0.1) is 0 Å². The number of likely N-dealkylation sites (tertiary alicyclic amines) is 1. The summed E-state index contributed by atoms with van der Waals surface area (Å²) < 4.78 is 0. The van der Waals surface area contributed by atoms with Crippen LogP contribution in [0.15, 0.2) is 47.2 Å². The van der Waals surface area contributed by atoms with E-state index in [1.54, 1.807) is 0 Å². The van der Waals surface area contributed by atoms with Gasteiger partial charge in [-0.2, -0.15) is 11.3 Å². The lowest BCUT2D eigenvalue weighted by Crippen LogP contribution is -2.52. The molecule has 27 heavy (non-hydrogen) atoms. The number of nitrogens with zero attached hydrogens (tertiary/aromatic N) is 2. The molecular formula is C21H27N3O2S. The number of nitrogens with one attached hydrogen (secondary N) is 1. The van der Waals surface area contributed by atoms with Crippen molar-refractivity contribution in [1.29, 1.82) is 0 Å². The predicted octanol–water partition coefficient (Wildman–Crippen LogP) is 2.64. The van der Waals surface area contributed by atoms with Crippen LogP contribution in [-0.2, 0) is 11.2 Å². The van der Waals surface area contributed by atoms with Crippen LogP contribution < -0.4 is 5.32 Å². The number of hydrogen-bond donors (Lipinski definition) is 1. The average molecular weight is 386 g/mol. The van der Waals surface area contributed by atoms with E-state index in [0.29, 0.717) is 25.1 Å². The molecule has 0 saturated carbocycles. The van der Waals surface area contributed by atoms with Crippen LogP contribution in [0.3, 0.4) is 0 Å². The van der Waals surface area contributed by atoms with E-state index in [0.717, 1.165) is 12.8 Å². The number of rotatable bonds is 6. The summed E-state index contributed by atoms with van der Waals surface area (Å²) in [6.07, 6.45) is 2.31. The van der Waals surface area contributed by atoms with Crippen LogP contribution in [0.5, 0.6) is 0 Å². The van der Waals surface area contributed by atoms with Crippen molar-refractivity contribution in [3.63, 3.8) is 0 Å². The van der Waals surface area contributed by atoms with Crippen LogP contribution >= 0.6 is 11.3 Å². The van der Waals surface area contributed by atoms with Gasteiger partial charge in [-0.05, 0) is 50.4 Å². The maximum atomic E-state index is 13.1. The molecule has 1 fully saturated rings. The molecule has 1 N–H and O–H groups in total. The van der Waals surface area contributed by atoms with E-state index in [-0.39, 0.29) is 23.9 Å². The van der Waals surface area contributed by atoms with Crippen LogP contribution in [0.25, 0.3) is 0 Å². The number of thiophene rings is 1. The second-order valence-electron chi connectivity index (χ2n) is 7.25. The van der Waals surface area contributed by atoms with Gasteiger partial charge in [0.1, 0.15) is 0 Å². The lowest BCUT2D eigenvalue weighted by atomic mass is 10.0. The van der Waals surface area contributed by atoms with E-state index in [1.807, 2.05) is 58.9 Å². The quantitative estimate of drug-likeness (QED) is 0.832. The molecule has 0 spiro atoms. The van der Waals surface area contributed by atoms with Gasteiger partial charge >= 0.3 is 0 Å². The number of amides is 2. The fourth-order valence-corrected chi connectivity index (χ4v) is 4.08. The van der Waals surface area contributed by atoms with Gasteiger partial charge in [-0.15, -0.1) is 0 Å². The summed E-state index contributed by atoms with van der Waals surface area (Å²) in [4.78, 5) is 29.2. The predicted molar refractivity (Wildman–Crippen MR) is 109 cm³/mol. The van der Waals surface area contributed by atoms with Gasteiger partial charge in [-0.3, -0.25) is 14.5 Å². The number of likely N-dealkylation sites (N-methyl/N-ethyl adjacent to an activating group) is 1. The Kier molecular flexibility index (Phi) is 6.63. The highest BCUT2D eigenvalue weighted by molar-refractivity contribution is 7.08. The highest BCUT2D eigenvalue weighted by Gasteiger charge is 2.30. The van der Waals surface area contributed by atoms with Gasteiger partial charge in [-0.25, -0.2) is 0 Å². The third-order valence-electron chi connectivity index (χ3n) is 5.11. The first kappa shape index (κ1) is 19.6. The molecule has 3 rings (SSSR count). The molecule has 2 amide bonds. The van der Waals surface area contributed by atoms with Crippen molar-refractivity contribution >= 4 is 23.2 Å². The molecule has 2 aromatic rings. The molecule has 144 valence electrons. The molecule has 1 atom stereocenters. The second-order valence-corrected chi connectivity index (χ2v) is 8.03. The van der Waals surface area contributed by atoms with E-state index in [2.05, 4.69) is 17.4 Å². The van der Waals surface area contributed by atoms with Crippen LogP contribution in [0.4, 0.5) is 0 Å². The number of benzene rings is 1. The smallest absolute Gasteiger partial charge is 0.252 e. The zero-order valence-electron chi connectivity index (χ0n) is 15.9. The standard InChI is InChI=1S/C21H27N3O2S/c1-23(2)19(14-16-6-4-3-5-7-16)21(26)24-11-8-18(9-12-24)22-20(25)17-10-13-27-15-17/h3-7,10,13,15,18-19H,8-9,11-12,14H2,1-2H3,(H,22,25). The van der Waals surface area contributed by atoms with Crippen LogP contribution in [-0.4, -0.2) is 60.9 Å². The Balaban J connectivity index is 1.54. The van der Waals surface area contributed by atoms with Crippen molar-refractivity contribution in [1.82, 2.24) is 15.1 Å². The maximum absolute atomic E-state index is 13.1. The molecule has 1 aliphatic heterocycles. The van der Waals surface area contributed by atoms with Crippen molar-refractivity contribution in [3.8, 4) is 0 Å². The summed E-state index contributed by atoms with van der Waals surface area (Å²) in [5.41, 5.74) is 1.89. The van der Waals surface area contributed by atoms with Gasteiger partial charge in [0, 0.05) is 30.1 Å². The molecule has 1 saturated heterocycles. The zero-order chi connectivity index (χ0) is 19.2. The molecule has 1 aliphatic rings. The first-order valence-electron chi connectivity index (χ1n) is 9.37. The lowest BCUT2D eigenvalue weighted by Gasteiger charge is -2.36. The Labute approximate surface area is 165 Å². The van der Waals surface area contributed by atoms with Crippen molar-refractivity contribution < 1.29 is 9.59 Å². The highest BCUT2D eigenvalue weighted by atomic mass is 32.1. The van der Waals surface area contributed by atoms with Gasteiger partial charge in [-0.1, -0.05) is 30.3 Å². The van der Waals surface area contributed by atoms with Gasteiger partial charge in [0.15, 0.2) is 0 Å². The summed E-state index contributed by atoms with van der Waals surface area (Å²) in [6.45, 7) is 1.37. The monoisotopic (exact) mass is 385 g/mol. The molecule has 5 nitrogen and oxygen atoms in total. The van der Waals surface area contributed by atoms with E-state index in [4.69, 9.17) is 0 Å². The summed E-state index contributed by atoms with van der Waals surface area (Å²) >= 11 is 1.52. The minimum Gasteiger partial charge on any atom is -0.349 e. The van der Waals surface area contributed by atoms with E-state index >= 15 is 0 Å². The largest absolute Gasteiger partial charge is 0.349 e. The molecule has 1 unspecified atom stereocenters. The maximum Gasteiger partial charge on any atom is 0.252 e. The average Bonchev–Trinajstić information content (AvgIpc) is 3.22. The molecule has 1 aromatic heterocycles. The van der Waals surface area contributed by atoms with Crippen molar-refractivity contribution in [2.75, 3.05) is 27.2 Å². The van der Waals surface area contributed by atoms with E-state index < -0.39 is 0 Å². The third kappa shape index (κ3) is 5.17. The minimum atomic E-state index is -0.163. The highest BCUT2D eigenvalue weighted by Crippen LogP contribution is 2.16. The fourth-order valence-electron chi connectivity index (χ4n) is 3.45. The summed E-state index contributed by atoms with van der Waals surface area (Å²) in [5, 5.41) is 6.86. The fraction of sp³-hybridized carbons (Fsp3) is 0.429. The van der Waals surface area contributed by atoms with Crippen LogP contribution in [0.1, 0.15) is 28.8 Å². The summed E-state index contributed by atoms with van der Waals surface area (Å²) in [7, 11) is 3.92. The Bertz CT molecular complexity index is 738. The van der Waals surface area contributed by atoms with Crippen molar-refractivity contribution in [3.05, 3.63) is 58.3 Å². The third-order valence-corrected chi connectivity index (χ3v) is 5.79. The molecule has 0 radical (unpaired) electrons. The van der Waals surface area contributed by atoms with Crippen molar-refractivity contribution in [2.45, 2.75) is 31.3 Å². The Morgan fingerprint density at radius 3 is 2.48 bits per heavy atom. The first-order valence-corrected chi connectivity index (χ1v) is 10.3. The topological polar surface area (TPSA) is 52.7 Å². The van der Waals surface area contributed by atoms with Crippen LogP contribution in [0.2, 0.25) is 0 Å². The normalized spacial score (nSPS) is 16.3. The van der Waals surface area contributed by atoms with Gasteiger partial charge < -0.3 is 10.2 Å². The second kappa shape index (κ2) is 9.15. The first-order chi connectivity index (χ1) is 13.0. The SMILES string of the molecule is CN(C)C(Cc1ccccc1)C(=O)N1CCC(NC(=O)c2ccsc2)CC1. The summed E-state index contributed by atoms with van der Waals surface area (Å²) in [6, 6.07) is 11.9. The molecule has 1 aromatic carbocycles. The summed E-state index contributed by atoms with van der Waals surface area (Å²) in [5.74, 6) is 0.155. The molecule has 0 aliphatic carbocycles. The van der Waals surface area contributed by atoms with Crippen molar-refractivity contribution in [2.24, 2.45) is 0 Å². The van der Waals surface area contributed by atoms with Gasteiger partial charge in [0.2, 0.25) is 5.91 Å². The number of carbonyl (C=O) groups is 2. The number of hydrogen-bond acceptors (Lipinski definition) is 4. The number of piperidine rings is 1. The molecular weight excluding hydrogens is 358 g/mol. The molecule has 6 heteroatoms. The Morgan fingerprint density at radius 2 is 1.89 bits per heavy atom. The number of carbonyl (C=O) groups excluding carboxylic acids is 2. The Morgan fingerprint density at radius 1 is 1.19 bits per heavy atom. The zero-order valence-corrected chi connectivity index (χ0v) is 16.7. The van der Waals surface area contributed by atoms with Gasteiger partial charge in [0.05, 0.1) is 6.04 Å². The minimum absolute atomic E-state index is 0.0173. The molecule has 2 heterocycles. The molecule has 0 bridgehead atoms. The van der Waals surface area contributed by atoms with Gasteiger partial charge in [0.25, 0.3) is 5.91 Å². The van der Waals surface area contributed by atoms with E-state index in [9.17, 15) is 9.59 Å².